The van der Waals surface area contributed by atoms with Crippen molar-refractivity contribution in [2.24, 2.45) is 5.10 Å². The van der Waals surface area contributed by atoms with Crippen LogP contribution in [0, 0.1) is 0 Å². The van der Waals surface area contributed by atoms with Gasteiger partial charge in [-0.1, -0.05) is 58.0 Å². The van der Waals surface area contributed by atoms with E-state index in [1.54, 1.807) is 0 Å². The average molecular weight is 289 g/mol. The third-order valence-electron chi connectivity index (χ3n) is 1.27. The van der Waals surface area contributed by atoms with Crippen LogP contribution in [0.2, 0.25) is 0 Å². The highest BCUT2D eigenvalue weighted by Gasteiger charge is 2.53. The molecule has 3 nitrogen and oxygen atoms in total. The van der Waals surface area contributed by atoms with Gasteiger partial charge in [-0.05, 0) is 0 Å². The number of halogens is 6. The van der Waals surface area contributed by atoms with E-state index in [-0.39, 0.29) is 0 Å². The predicted octanol–water partition coefficient (Wildman–Crippen LogP) is 2.59. The molecule has 1 heterocycles. The molecule has 0 radical (unpaired) electrons. The summed E-state index contributed by atoms with van der Waals surface area (Å²) in [5.41, 5.74) is 2.03. The van der Waals surface area contributed by atoms with Crippen LogP contribution in [0.1, 0.15) is 0 Å². The van der Waals surface area contributed by atoms with Crippen LogP contribution in [0.3, 0.4) is 0 Å². The van der Waals surface area contributed by atoms with E-state index in [1.807, 2.05) is 5.43 Å². The summed E-state index contributed by atoms with van der Waals surface area (Å²) in [6.45, 7) is 0. The van der Waals surface area contributed by atoms with Gasteiger partial charge in [-0.25, -0.2) is 0 Å². The van der Waals surface area contributed by atoms with E-state index >= 15 is 0 Å². The molecule has 0 fully saturated rings. The highest BCUT2D eigenvalue weighted by Crippen LogP contribution is 2.48. The van der Waals surface area contributed by atoms with Crippen LogP contribution >= 0.6 is 58.0 Å². The van der Waals surface area contributed by atoms with Gasteiger partial charge in [0, 0.05) is 0 Å². The van der Waals surface area contributed by atoms with Crippen molar-refractivity contribution in [1.29, 1.82) is 0 Å². The molecule has 1 atom stereocenters. The number of nitrogens with one attached hydrogen (secondary N) is 1. The van der Waals surface area contributed by atoms with Crippen LogP contribution in [-0.2, 0) is 0 Å². The Morgan fingerprint density at radius 3 is 2.15 bits per heavy atom. The molecule has 1 aliphatic heterocycles. The largest absolute Gasteiger partial charge is 0.277 e. The van der Waals surface area contributed by atoms with Gasteiger partial charge in [0.25, 0.3) is 6.42 Å². The third-order valence-corrected chi connectivity index (χ3v) is 3.63. The van der Waals surface area contributed by atoms with Gasteiger partial charge in [0.1, 0.15) is 6.34 Å². The number of nitrogens with zero attached hydrogens (tertiary/aromatic N) is 2. The lowest BCUT2D eigenvalue weighted by molar-refractivity contribution is 0.120. The number of rotatable bonds is 1. The Balaban J connectivity index is 2.86. The van der Waals surface area contributed by atoms with Crippen molar-refractivity contribution < 1.29 is 4.39 Å². The summed E-state index contributed by atoms with van der Waals surface area (Å²) >= 11 is 27.6. The van der Waals surface area contributed by atoms with E-state index in [1.165, 1.54) is 0 Å². The van der Waals surface area contributed by atoms with Gasteiger partial charge in [-0.2, -0.15) is 9.49 Å². The average Bonchev–Trinajstić information content (AvgIpc) is 2.32. The van der Waals surface area contributed by atoms with Gasteiger partial charge < -0.3 is 0 Å². The first-order valence-corrected chi connectivity index (χ1v) is 4.81. The van der Waals surface area contributed by atoms with Crippen LogP contribution in [0.15, 0.2) is 5.10 Å². The number of hydrazone groups is 1. The maximum absolute atomic E-state index is 13.0. The quantitative estimate of drug-likeness (QED) is 0.593. The SMILES string of the molecule is FC1NN=CN1C(Cl)(Cl)C(Cl)(Cl)Cl. The van der Waals surface area contributed by atoms with Crippen molar-refractivity contribution in [1.82, 2.24) is 10.3 Å². The molecule has 1 unspecified atom stereocenters. The molecule has 0 bridgehead atoms. The Morgan fingerprint density at radius 1 is 1.31 bits per heavy atom. The Bertz CT molecular complexity index is 226. The maximum atomic E-state index is 13.0. The third kappa shape index (κ3) is 2.18. The summed E-state index contributed by atoms with van der Waals surface area (Å²) in [6.07, 6.45) is -0.711. The predicted molar refractivity (Wildman–Crippen MR) is 53.1 cm³/mol. The molecule has 0 aliphatic carbocycles. The van der Waals surface area contributed by atoms with E-state index in [4.69, 9.17) is 58.0 Å². The lowest BCUT2D eigenvalue weighted by atomic mass is 10.6. The normalized spacial score (nSPS) is 23.5. The van der Waals surface area contributed by atoms with E-state index in [0.29, 0.717) is 0 Å². The Kier molecular flexibility index (Phi) is 3.30. The molecule has 0 aromatic rings. The summed E-state index contributed by atoms with van der Waals surface area (Å²) in [5, 5.41) is 3.36. The summed E-state index contributed by atoms with van der Waals surface area (Å²) in [6, 6.07) is 0. The van der Waals surface area contributed by atoms with Crippen molar-refractivity contribution in [2.45, 2.75) is 14.7 Å². The molecule has 13 heavy (non-hydrogen) atoms. The van der Waals surface area contributed by atoms with Gasteiger partial charge in [0.05, 0.1) is 0 Å². The molecule has 1 aliphatic rings. The Hall–Kier alpha value is 0.650. The number of alkyl halides is 6. The molecule has 0 spiro atoms. The van der Waals surface area contributed by atoms with E-state index in [9.17, 15) is 4.39 Å². The molecule has 1 N–H and O–H groups in total. The second-order valence-corrected chi connectivity index (χ2v) is 5.72. The van der Waals surface area contributed by atoms with Crippen LogP contribution in [0.25, 0.3) is 0 Å². The molecule has 1 rings (SSSR count). The van der Waals surface area contributed by atoms with Crippen LogP contribution < -0.4 is 5.43 Å². The molecule has 76 valence electrons. The van der Waals surface area contributed by atoms with Gasteiger partial charge >= 0.3 is 0 Å². The van der Waals surface area contributed by atoms with E-state index in [0.717, 1.165) is 11.2 Å². The zero-order valence-electron chi connectivity index (χ0n) is 5.82. The van der Waals surface area contributed by atoms with Gasteiger partial charge in [-0.15, -0.1) is 0 Å². The molecule has 9 heteroatoms. The van der Waals surface area contributed by atoms with Gasteiger partial charge in [0.15, 0.2) is 0 Å². The topological polar surface area (TPSA) is 27.6 Å². The van der Waals surface area contributed by atoms with Crippen molar-refractivity contribution >= 4 is 64.3 Å². The van der Waals surface area contributed by atoms with Crippen molar-refractivity contribution in [3.63, 3.8) is 0 Å². The zero-order chi connectivity index (χ0) is 10.3. The summed E-state index contributed by atoms with van der Waals surface area (Å²) < 4.78 is 8.88. The lowest BCUT2D eigenvalue weighted by Gasteiger charge is -2.35. The van der Waals surface area contributed by atoms with Crippen molar-refractivity contribution in [3.8, 4) is 0 Å². The first-order chi connectivity index (χ1) is 5.77. The fourth-order valence-corrected chi connectivity index (χ4v) is 1.19. The second-order valence-electron chi connectivity index (χ2n) is 2.16. The maximum Gasteiger partial charge on any atom is 0.265 e. The molecule has 0 saturated heterocycles. The van der Waals surface area contributed by atoms with Crippen LogP contribution in [0.5, 0.6) is 0 Å². The fourth-order valence-electron chi connectivity index (χ4n) is 0.639. The van der Waals surface area contributed by atoms with Gasteiger partial charge in [-0.3, -0.25) is 10.3 Å². The second kappa shape index (κ2) is 3.66. The lowest BCUT2D eigenvalue weighted by Crippen LogP contribution is -2.51. The van der Waals surface area contributed by atoms with Crippen LogP contribution in [0.4, 0.5) is 4.39 Å². The Morgan fingerprint density at radius 2 is 1.85 bits per heavy atom. The minimum absolute atomic E-state index is 0.739. The minimum Gasteiger partial charge on any atom is -0.277 e. The van der Waals surface area contributed by atoms with E-state index in [2.05, 4.69) is 5.10 Å². The standard InChI is InChI=1S/C4H3Cl5FN3/c5-3(6,7)4(8,9)13-1-11-12-2(13)10/h1-2,12H. The summed E-state index contributed by atoms with van der Waals surface area (Å²) in [4.78, 5) is 0.739. The fraction of sp³-hybridized carbons (Fsp3) is 0.750. The highest BCUT2D eigenvalue weighted by atomic mass is 35.6. The van der Waals surface area contributed by atoms with E-state index < -0.39 is 14.7 Å². The molecule has 0 amide bonds. The summed E-state index contributed by atoms with van der Waals surface area (Å²) in [5.74, 6) is 0. The zero-order valence-corrected chi connectivity index (χ0v) is 9.60. The molecular weight excluding hydrogens is 286 g/mol. The minimum atomic E-state index is -2.06. The molecule has 0 aromatic carbocycles. The molecular formula is C4H3Cl5FN3. The first-order valence-electron chi connectivity index (χ1n) is 2.92. The smallest absolute Gasteiger partial charge is 0.265 e. The van der Waals surface area contributed by atoms with Gasteiger partial charge in [0.2, 0.25) is 8.25 Å². The van der Waals surface area contributed by atoms with Crippen molar-refractivity contribution in [2.75, 3.05) is 0 Å². The van der Waals surface area contributed by atoms with Crippen LogP contribution in [-0.4, -0.2) is 25.9 Å². The monoisotopic (exact) mass is 287 g/mol. The highest BCUT2D eigenvalue weighted by molar-refractivity contribution is 6.75. The number of hydrogen-bond acceptors (Lipinski definition) is 3. The molecule has 0 aromatic heterocycles. The Labute approximate surface area is 98.7 Å². The molecule has 0 saturated carbocycles. The summed E-state index contributed by atoms with van der Waals surface area (Å²) in [7, 11) is 0. The first kappa shape index (κ1) is 11.7. The van der Waals surface area contributed by atoms with Crippen molar-refractivity contribution in [3.05, 3.63) is 0 Å². The number of hydrogen-bond donors (Lipinski definition) is 1.